The summed E-state index contributed by atoms with van der Waals surface area (Å²) in [7, 11) is 0. The third-order valence-electron chi connectivity index (χ3n) is 4.14. The maximum absolute atomic E-state index is 12.6. The molecule has 0 radical (unpaired) electrons. The van der Waals surface area contributed by atoms with Crippen LogP contribution in [0.5, 0.6) is 5.75 Å². The van der Waals surface area contributed by atoms with E-state index < -0.39 is 5.97 Å². The van der Waals surface area contributed by atoms with Crippen molar-refractivity contribution >= 4 is 11.9 Å². The van der Waals surface area contributed by atoms with Gasteiger partial charge in [-0.05, 0) is 36.2 Å². The Labute approximate surface area is 140 Å². The molecule has 2 aromatic carbocycles. The predicted molar refractivity (Wildman–Crippen MR) is 89.0 cm³/mol. The van der Waals surface area contributed by atoms with Crippen LogP contribution in [0.1, 0.15) is 34.0 Å². The van der Waals surface area contributed by atoms with Crippen molar-refractivity contribution in [3.63, 3.8) is 0 Å². The van der Waals surface area contributed by atoms with Crippen LogP contribution in [0.2, 0.25) is 0 Å². The van der Waals surface area contributed by atoms with Crippen LogP contribution < -0.4 is 4.74 Å². The maximum atomic E-state index is 12.6. The van der Waals surface area contributed by atoms with Crippen molar-refractivity contribution in [1.29, 1.82) is 0 Å². The average Bonchev–Trinajstić information content (AvgIpc) is 3.00. The lowest BCUT2D eigenvalue weighted by molar-refractivity contribution is -0.131. The van der Waals surface area contributed by atoms with Crippen LogP contribution >= 0.6 is 0 Å². The summed E-state index contributed by atoms with van der Waals surface area (Å²) < 4.78 is 5.57. The van der Waals surface area contributed by atoms with Crippen LogP contribution in [-0.2, 0) is 24.3 Å². The molecule has 5 heteroatoms. The number of carboxylic acid groups (broad SMARTS) is 1. The molecule has 0 saturated carbocycles. The first kappa shape index (κ1) is 16.1. The third kappa shape index (κ3) is 3.25. The number of benzene rings is 2. The minimum Gasteiger partial charge on any atom is -0.494 e. The van der Waals surface area contributed by atoms with Crippen LogP contribution in [0.3, 0.4) is 0 Å². The summed E-state index contributed by atoms with van der Waals surface area (Å²) in [6, 6.07) is 12.6. The van der Waals surface area contributed by atoms with Gasteiger partial charge in [0.2, 0.25) is 5.91 Å². The molecule has 1 heterocycles. The molecule has 0 bridgehead atoms. The van der Waals surface area contributed by atoms with Gasteiger partial charge in [0.25, 0.3) is 0 Å². The molecule has 0 unspecified atom stereocenters. The van der Waals surface area contributed by atoms with E-state index in [1.54, 1.807) is 23.1 Å². The Balaban J connectivity index is 1.72. The van der Waals surface area contributed by atoms with Crippen molar-refractivity contribution in [3.05, 3.63) is 64.7 Å². The Morgan fingerprint density at radius 1 is 1.12 bits per heavy atom. The molecule has 0 fully saturated rings. The fraction of sp³-hybridized carbons (Fsp3) is 0.263. The molecule has 1 aliphatic heterocycles. The molecule has 1 amide bonds. The molecule has 0 saturated heterocycles. The Morgan fingerprint density at radius 3 is 2.62 bits per heavy atom. The Morgan fingerprint density at radius 2 is 1.88 bits per heavy atom. The quantitative estimate of drug-likeness (QED) is 0.918. The summed E-state index contributed by atoms with van der Waals surface area (Å²) in [5, 5.41) is 9.07. The summed E-state index contributed by atoms with van der Waals surface area (Å²) >= 11 is 0. The highest BCUT2D eigenvalue weighted by Crippen LogP contribution is 2.26. The zero-order valence-corrected chi connectivity index (χ0v) is 13.5. The number of amides is 1. The normalized spacial score (nSPS) is 12.8. The van der Waals surface area contributed by atoms with Gasteiger partial charge in [-0.2, -0.15) is 0 Å². The Kier molecular flexibility index (Phi) is 4.51. The van der Waals surface area contributed by atoms with Gasteiger partial charge in [-0.1, -0.05) is 24.3 Å². The number of para-hydroxylation sites is 1. The van der Waals surface area contributed by atoms with E-state index in [1.165, 1.54) is 0 Å². The molecule has 3 rings (SSSR count). The first-order chi connectivity index (χ1) is 11.6. The van der Waals surface area contributed by atoms with Crippen molar-refractivity contribution in [3.8, 4) is 5.75 Å². The number of fused-ring (bicyclic) bond motifs is 1. The molecule has 5 nitrogen and oxygen atoms in total. The summed E-state index contributed by atoms with van der Waals surface area (Å²) in [6.45, 7) is 3.44. The maximum Gasteiger partial charge on any atom is 0.335 e. The third-order valence-corrected chi connectivity index (χ3v) is 4.14. The topological polar surface area (TPSA) is 66.8 Å². The number of rotatable bonds is 5. The van der Waals surface area contributed by atoms with E-state index in [9.17, 15) is 9.59 Å². The van der Waals surface area contributed by atoms with E-state index in [0.717, 1.165) is 22.4 Å². The lowest BCUT2D eigenvalue weighted by Crippen LogP contribution is -2.27. The van der Waals surface area contributed by atoms with Crippen molar-refractivity contribution in [2.45, 2.75) is 26.4 Å². The lowest BCUT2D eigenvalue weighted by atomic mass is 10.1. The van der Waals surface area contributed by atoms with Gasteiger partial charge in [0.15, 0.2) is 0 Å². The first-order valence-electron chi connectivity index (χ1n) is 7.92. The Hall–Kier alpha value is -2.82. The van der Waals surface area contributed by atoms with E-state index in [-0.39, 0.29) is 17.9 Å². The zero-order chi connectivity index (χ0) is 17.1. The molecule has 2 aromatic rings. The second kappa shape index (κ2) is 6.74. The Bertz CT molecular complexity index is 785. The number of hydrogen-bond donors (Lipinski definition) is 1. The number of carbonyl (C=O) groups is 2. The highest BCUT2D eigenvalue weighted by Gasteiger charge is 2.24. The van der Waals surface area contributed by atoms with Crippen LogP contribution in [0.15, 0.2) is 42.5 Å². The summed E-state index contributed by atoms with van der Waals surface area (Å²) in [5.74, 6) is -0.207. The van der Waals surface area contributed by atoms with Crippen molar-refractivity contribution in [2.75, 3.05) is 6.61 Å². The van der Waals surface area contributed by atoms with E-state index in [0.29, 0.717) is 19.7 Å². The second-order valence-electron chi connectivity index (χ2n) is 5.76. The van der Waals surface area contributed by atoms with E-state index in [4.69, 9.17) is 9.84 Å². The first-order valence-corrected chi connectivity index (χ1v) is 7.92. The van der Waals surface area contributed by atoms with Crippen LogP contribution in [0, 0.1) is 0 Å². The molecule has 0 spiro atoms. The smallest absolute Gasteiger partial charge is 0.335 e. The average molecular weight is 325 g/mol. The predicted octanol–water partition coefficient (Wildman–Crippen LogP) is 2.87. The van der Waals surface area contributed by atoms with Crippen molar-refractivity contribution in [1.82, 2.24) is 4.90 Å². The monoisotopic (exact) mass is 325 g/mol. The molecule has 124 valence electrons. The molecule has 0 aromatic heterocycles. The van der Waals surface area contributed by atoms with Gasteiger partial charge >= 0.3 is 5.97 Å². The molecule has 24 heavy (non-hydrogen) atoms. The highest BCUT2D eigenvalue weighted by atomic mass is 16.5. The van der Waals surface area contributed by atoms with E-state index in [1.807, 2.05) is 31.2 Å². The molecule has 1 N–H and O–H groups in total. The number of carboxylic acids is 1. The van der Waals surface area contributed by atoms with Gasteiger partial charge in [0.1, 0.15) is 5.75 Å². The van der Waals surface area contributed by atoms with Crippen LogP contribution in [-0.4, -0.2) is 28.5 Å². The fourth-order valence-electron chi connectivity index (χ4n) is 2.92. The summed E-state index contributed by atoms with van der Waals surface area (Å²) in [5.41, 5.74) is 3.03. The van der Waals surface area contributed by atoms with Gasteiger partial charge in [-0.3, -0.25) is 4.79 Å². The van der Waals surface area contributed by atoms with Gasteiger partial charge in [-0.25, -0.2) is 4.79 Å². The SMILES string of the molecule is CCOc1ccccc1CC(=O)N1Cc2ccc(C(=O)O)cc2C1. The minimum absolute atomic E-state index is 0.00947. The number of ether oxygens (including phenoxy) is 1. The molecular weight excluding hydrogens is 306 g/mol. The molecular formula is C19H19NO4. The van der Waals surface area contributed by atoms with Gasteiger partial charge in [0, 0.05) is 18.7 Å². The largest absolute Gasteiger partial charge is 0.494 e. The van der Waals surface area contributed by atoms with Crippen LogP contribution in [0.4, 0.5) is 0 Å². The number of carbonyl (C=O) groups excluding carboxylic acids is 1. The van der Waals surface area contributed by atoms with Crippen molar-refractivity contribution in [2.24, 2.45) is 0 Å². The molecule has 1 aliphatic rings. The second-order valence-corrected chi connectivity index (χ2v) is 5.76. The number of aromatic carboxylic acids is 1. The lowest BCUT2D eigenvalue weighted by Gasteiger charge is -2.17. The van der Waals surface area contributed by atoms with E-state index >= 15 is 0 Å². The van der Waals surface area contributed by atoms with Crippen molar-refractivity contribution < 1.29 is 19.4 Å². The van der Waals surface area contributed by atoms with Gasteiger partial charge < -0.3 is 14.7 Å². The van der Waals surface area contributed by atoms with Crippen LogP contribution in [0.25, 0.3) is 0 Å². The summed E-state index contributed by atoms with van der Waals surface area (Å²) in [4.78, 5) is 25.4. The number of hydrogen-bond acceptors (Lipinski definition) is 3. The van der Waals surface area contributed by atoms with E-state index in [2.05, 4.69) is 0 Å². The number of nitrogens with zero attached hydrogens (tertiary/aromatic N) is 1. The minimum atomic E-state index is -0.951. The van der Waals surface area contributed by atoms with Gasteiger partial charge in [-0.15, -0.1) is 0 Å². The fourth-order valence-corrected chi connectivity index (χ4v) is 2.92. The van der Waals surface area contributed by atoms with Gasteiger partial charge in [0.05, 0.1) is 18.6 Å². The zero-order valence-electron chi connectivity index (χ0n) is 13.5. The highest BCUT2D eigenvalue weighted by molar-refractivity contribution is 5.88. The summed E-state index contributed by atoms with van der Waals surface area (Å²) in [6.07, 6.45) is 0.274. The molecule has 0 atom stereocenters. The molecule has 0 aliphatic carbocycles. The standard InChI is InChI=1S/C19H19NO4/c1-2-24-17-6-4-3-5-13(17)10-18(21)20-11-15-8-7-14(19(22)23)9-16(15)12-20/h3-9H,2,10-12H2,1H3,(H,22,23).